The Morgan fingerprint density at radius 1 is 1.00 bits per heavy atom. The lowest BCUT2D eigenvalue weighted by molar-refractivity contribution is 0.144. The van der Waals surface area contributed by atoms with Crippen molar-refractivity contribution in [3.8, 4) is 0 Å². The Balaban J connectivity index is 2.11. The topological polar surface area (TPSA) is 61.4 Å². The summed E-state index contributed by atoms with van der Waals surface area (Å²) in [6.45, 7) is 7.51. The highest BCUT2D eigenvalue weighted by atomic mass is 16.5. The number of nitrogens with zero attached hydrogens (tertiary/aromatic N) is 3. The molecule has 0 spiro atoms. The van der Waals surface area contributed by atoms with E-state index in [9.17, 15) is 0 Å². The molecule has 0 aliphatic heterocycles. The van der Waals surface area contributed by atoms with Gasteiger partial charge in [-0.3, -0.25) is 9.89 Å². The van der Waals surface area contributed by atoms with Crippen LogP contribution in [0.4, 0.5) is 0 Å². The normalized spacial score (nSPS) is 15.3. The summed E-state index contributed by atoms with van der Waals surface area (Å²) in [5.74, 6) is 0.878. The maximum Gasteiger partial charge on any atom is 0.191 e. The fourth-order valence-electron chi connectivity index (χ4n) is 2.62. The Kier molecular flexibility index (Phi) is 11.8. The van der Waals surface area contributed by atoms with Crippen LogP contribution in [0.15, 0.2) is 4.99 Å². The molecule has 0 bridgehead atoms. The SMILES string of the molecule is CN=C(NCCN(C)CCCOC)NCCN(CCOC)C1CC1. The minimum absolute atomic E-state index is 0.762. The van der Waals surface area contributed by atoms with Crippen LogP contribution in [0.2, 0.25) is 0 Å². The fourth-order valence-corrected chi connectivity index (χ4v) is 2.62. The van der Waals surface area contributed by atoms with E-state index in [0.29, 0.717) is 0 Å². The molecule has 7 heteroatoms. The van der Waals surface area contributed by atoms with E-state index in [1.807, 2.05) is 7.05 Å². The summed E-state index contributed by atoms with van der Waals surface area (Å²) < 4.78 is 10.3. The molecule has 1 saturated carbocycles. The van der Waals surface area contributed by atoms with Gasteiger partial charge in [-0.05, 0) is 26.3 Å². The van der Waals surface area contributed by atoms with Crippen molar-refractivity contribution >= 4 is 5.96 Å². The molecule has 142 valence electrons. The van der Waals surface area contributed by atoms with Crippen LogP contribution in [0.1, 0.15) is 19.3 Å². The Hall–Kier alpha value is -0.890. The zero-order valence-corrected chi connectivity index (χ0v) is 16.0. The van der Waals surface area contributed by atoms with Crippen molar-refractivity contribution in [2.75, 3.05) is 80.8 Å². The van der Waals surface area contributed by atoms with Crippen molar-refractivity contribution in [1.29, 1.82) is 0 Å². The zero-order chi connectivity index (χ0) is 17.6. The quantitative estimate of drug-likeness (QED) is 0.267. The molecular weight excluding hydrogens is 306 g/mol. The van der Waals surface area contributed by atoms with Crippen LogP contribution >= 0.6 is 0 Å². The van der Waals surface area contributed by atoms with Crippen LogP contribution in [0.3, 0.4) is 0 Å². The molecule has 24 heavy (non-hydrogen) atoms. The maximum absolute atomic E-state index is 5.20. The highest BCUT2D eigenvalue weighted by Crippen LogP contribution is 2.25. The Labute approximate surface area is 147 Å². The molecule has 0 radical (unpaired) electrons. The second-order valence-corrected chi connectivity index (χ2v) is 6.34. The van der Waals surface area contributed by atoms with Crippen LogP contribution in [-0.2, 0) is 9.47 Å². The van der Waals surface area contributed by atoms with Crippen molar-refractivity contribution in [2.45, 2.75) is 25.3 Å². The zero-order valence-electron chi connectivity index (χ0n) is 16.0. The lowest BCUT2D eigenvalue weighted by Gasteiger charge is -2.22. The van der Waals surface area contributed by atoms with Crippen LogP contribution in [-0.4, -0.2) is 103 Å². The fraction of sp³-hybridized carbons (Fsp3) is 0.941. The molecule has 0 aromatic heterocycles. The summed E-state index contributed by atoms with van der Waals surface area (Å²) >= 11 is 0. The highest BCUT2D eigenvalue weighted by molar-refractivity contribution is 5.79. The molecule has 2 N–H and O–H groups in total. The highest BCUT2D eigenvalue weighted by Gasteiger charge is 2.28. The van der Waals surface area contributed by atoms with Gasteiger partial charge in [0.25, 0.3) is 0 Å². The standard InChI is InChI=1S/C17H37N5O2/c1-18-17(19-8-11-21(2)10-5-14-23-3)20-9-12-22(13-15-24-4)16-6-7-16/h16H,5-15H2,1-4H3,(H2,18,19,20). The van der Waals surface area contributed by atoms with Gasteiger partial charge in [-0.15, -0.1) is 0 Å². The summed E-state index contributed by atoms with van der Waals surface area (Å²) in [6, 6.07) is 0.762. The molecule has 1 fully saturated rings. The molecule has 0 amide bonds. The first-order valence-electron chi connectivity index (χ1n) is 9.06. The lowest BCUT2D eigenvalue weighted by Crippen LogP contribution is -2.44. The predicted octanol–water partition coefficient (Wildman–Crippen LogP) is 0.231. The number of rotatable bonds is 14. The lowest BCUT2D eigenvalue weighted by atomic mass is 10.4. The number of hydrogen-bond acceptors (Lipinski definition) is 5. The first kappa shape index (κ1) is 21.2. The minimum Gasteiger partial charge on any atom is -0.385 e. The summed E-state index contributed by atoms with van der Waals surface area (Å²) in [4.78, 5) is 9.10. The van der Waals surface area contributed by atoms with Crippen LogP contribution in [0, 0.1) is 0 Å². The van der Waals surface area contributed by atoms with Gasteiger partial charge in [0.2, 0.25) is 0 Å². The average molecular weight is 344 g/mol. The van der Waals surface area contributed by atoms with Gasteiger partial charge < -0.3 is 25.0 Å². The number of methoxy groups -OCH3 is 2. The van der Waals surface area contributed by atoms with Crippen molar-refractivity contribution in [2.24, 2.45) is 4.99 Å². The third-order valence-corrected chi connectivity index (χ3v) is 4.24. The number of guanidine groups is 1. The van der Waals surface area contributed by atoms with E-state index in [-0.39, 0.29) is 0 Å². The Morgan fingerprint density at radius 2 is 1.67 bits per heavy atom. The summed E-state index contributed by atoms with van der Waals surface area (Å²) in [5, 5.41) is 6.78. The molecular formula is C17H37N5O2. The number of hydrogen-bond donors (Lipinski definition) is 2. The molecule has 1 rings (SSSR count). The second kappa shape index (κ2) is 13.4. The summed E-state index contributed by atoms with van der Waals surface area (Å²) in [5.41, 5.74) is 0. The van der Waals surface area contributed by atoms with Gasteiger partial charge in [0.15, 0.2) is 5.96 Å². The second-order valence-electron chi connectivity index (χ2n) is 6.34. The van der Waals surface area contributed by atoms with Crippen LogP contribution in [0.5, 0.6) is 0 Å². The predicted molar refractivity (Wildman–Crippen MR) is 99.8 cm³/mol. The largest absolute Gasteiger partial charge is 0.385 e. The van der Waals surface area contributed by atoms with Gasteiger partial charge in [0.1, 0.15) is 0 Å². The third-order valence-electron chi connectivity index (χ3n) is 4.24. The summed E-state index contributed by atoms with van der Waals surface area (Å²) in [7, 11) is 7.47. The van der Waals surface area contributed by atoms with E-state index in [0.717, 1.165) is 70.9 Å². The molecule has 0 saturated heterocycles. The molecule has 0 aromatic rings. The van der Waals surface area contributed by atoms with Gasteiger partial charge in [0, 0.05) is 73.2 Å². The smallest absolute Gasteiger partial charge is 0.191 e. The number of ether oxygens (including phenoxy) is 2. The first-order valence-corrected chi connectivity index (χ1v) is 9.06. The van der Waals surface area contributed by atoms with Gasteiger partial charge in [-0.25, -0.2) is 0 Å². The number of nitrogens with one attached hydrogen (secondary N) is 2. The monoisotopic (exact) mass is 343 g/mol. The Bertz CT molecular complexity index is 337. The van der Waals surface area contributed by atoms with E-state index in [2.05, 4.69) is 32.5 Å². The Morgan fingerprint density at radius 3 is 2.25 bits per heavy atom. The van der Waals surface area contributed by atoms with Gasteiger partial charge in [-0.1, -0.05) is 0 Å². The van der Waals surface area contributed by atoms with Crippen molar-refractivity contribution in [3.05, 3.63) is 0 Å². The van der Waals surface area contributed by atoms with Gasteiger partial charge >= 0.3 is 0 Å². The molecule has 1 aliphatic rings. The molecule has 0 aromatic carbocycles. The van der Waals surface area contributed by atoms with Crippen molar-refractivity contribution in [3.63, 3.8) is 0 Å². The van der Waals surface area contributed by atoms with E-state index < -0.39 is 0 Å². The summed E-state index contributed by atoms with van der Waals surface area (Å²) in [6.07, 6.45) is 3.72. The van der Waals surface area contributed by atoms with Crippen molar-refractivity contribution < 1.29 is 9.47 Å². The van der Waals surface area contributed by atoms with Crippen LogP contribution in [0.25, 0.3) is 0 Å². The third kappa shape index (κ3) is 10.1. The molecule has 0 heterocycles. The molecule has 0 unspecified atom stereocenters. The van der Waals surface area contributed by atoms with Crippen molar-refractivity contribution in [1.82, 2.24) is 20.4 Å². The average Bonchev–Trinajstić information content (AvgIpc) is 3.41. The number of aliphatic imine (C=N–C) groups is 1. The molecule has 7 nitrogen and oxygen atoms in total. The van der Waals surface area contributed by atoms with Gasteiger partial charge in [0.05, 0.1) is 6.61 Å². The van der Waals surface area contributed by atoms with E-state index in [1.54, 1.807) is 14.2 Å². The minimum atomic E-state index is 0.762. The molecule has 0 atom stereocenters. The molecule has 1 aliphatic carbocycles. The number of likely N-dealkylation sites (N-methyl/N-ethyl adjacent to an activating group) is 1. The van der Waals surface area contributed by atoms with E-state index >= 15 is 0 Å². The first-order chi connectivity index (χ1) is 11.7. The van der Waals surface area contributed by atoms with E-state index in [1.165, 1.54) is 12.8 Å². The maximum atomic E-state index is 5.20. The van der Waals surface area contributed by atoms with E-state index in [4.69, 9.17) is 9.47 Å². The van der Waals surface area contributed by atoms with Gasteiger partial charge in [-0.2, -0.15) is 0 Å². The van der Waals surface area contributed by atoms with Crippen LogP contribution < -0.4 is 10.6 Å².